The number of nitrogens with zero attached hydrogens (tertiary/aromatic N) is 1. The Morgan fingerprint density at radius 2 is 1.52 bits per heavy atom. The molecule has 0 aliphatic heterocycles. The van der Waals surface area contributed by atoms with Gasteiger partial charge in [-0.3, -0.25) is 9.59 Å². The summed E-state index contributed by atoms with van der Waals surface area (Å²) in [6, 6.07) is 0. The van der Waals surface area contributed by atoms with Crippen molar-refractivity contribution in [2.24, 2.45) is 0 Å². The Morgan fingerprint density at radius 1 is 0.903 bits per heavy atom. The number of likely N-dealkylation sites (N-methyl/N-ethyl adjacent to an activating group) is 1. The van der Waals surface area contributed by atoms with Gasteiger partial charge in [0.05, 0.1) is 33.3 Å². The zero-order chi connectivity index (χ0) is 23.5. The molecule has 0 saturated heterocycles. The number of aliphatic hydroxyl groups excluding tert-OH is 1. The van der Waals surface area contributed by atoms with Gasteiger partial charge in [-0.2, -0.15) is 0 Å². The number of carbonyl (C=O) groups excluding carboxylic acids is 1. The predicted octanol–water partition coefficient (Wildman–Crippen LogP) is 5.55. The van der Waals surface area contributed by atoms with Crippen LogP contribution < -0.4 is 0 Å². The molecule has 0 radical (unpaired) electrons. The first-order valence-electron chi connectivity index (χ1n) is 11.6. The minimum absolute atomic E-state index is 0.163. The highest BCUT2D eigenvalue weighted by Crippen LogP contribution is 2.12. The lowest BCUT2D eigenvalue weighted by Gasteiger charge is -2.28. The first kappa shape index (κ1) is 28.9. The maximum absolute atomic E-state index is 12.0. The molecule has 0 bridgehead atoms. The maximum atomic E-state index is 12.0. The SMILES string of the molecule is CC/C=C/CC/C=C/C=C(\O)CCCCCCCC(=O)OC(CC(=O)O)C[N+](C)(C)C. The van der Waals surface area contributed by atoms with Crippen LogP contribution in [0.1, 0.15) is 77.6 Å². The van der Waals surface area contributed by atoms with Crippen LogP contribution in [0.4, 0.5) is 0 Å². The molecular weight excluding hydrogens is 394 g/mol. The number of unbranched alkanes of at least 4 members (excludes halogenated alkanes) is 5. The Morgan fingerprint density at radius 3 is 2.13 bits per heavy atom. The van der Waals surface area contributed by atoms with Crippen molar-refractivity contribution in [3.63, 3.8) is 0 Å². The summed E-state index contributed by atoms with van der Waals surface area (Å²) in [4.78, 5) is 23.0. The van der Waals surface area contributed by atoms with E-state index in [1.54, 1.807) is 6.08 Å². The average molecular weight is 439 g/mol. The third-order valence-electron chi connectivity index (χ3n) is 4.59. The summed E-state index contributed by atoms with van der Waals surface area (Å²) < 4.78 is 5.92. The molecule has 0 heterocycles. The topological polar surface area (TPSA) is 83.8 Å². The lowest BCUT2D eigenvalue weighted by atomic mass is 10.1. The summed E-state index contributed by atoms with van der Waals surface area (Å²) in [5.74, 6) is -0.869. The van der Waals surface area contributed by atoms with Crippen LogP contribution in [-0.4, -0.2) is 60.4 Å². The highest BCUT2D eigenvalue weighted by atomic mass is 16.5. The van der Waals surface area contributed by atoms with E-state index in [2.05, 4.69) is 25.2 Å². The van der Waals surface area contributed by atoms with Crippen LogP contribution in [0, 0.1) is 0 Å². The fraction of sp³-hybridized carbons (Fsp3) is 0.680. The number of ether oxygens (including phenoxy) is 1. The van der Waals surface area contributed by atoms with Gasteiger partial charge < -0.3 is 19.4 Å². The zero-order valence-corrected chi connectivity index (χ0v) is 20.0. The van der Waals surface area contributed by atoms with Crippen molar-refractivity contribution >= 4 is 11.9 Å². The molecule has 0 amide bonds. The molecule has 0 aromatic heterocycles. The number of hydrogen-bond acceptors (Lipinski definition) is 4. The molecule has 1 atom stereocenters. The van der Waals surface area contributed by atoms with E-state index in [0.717, 1.165) is 51.4 Å². The van der Waals surface area contributed by atoms with Gasteiger partial charge in [0.2, 0.25) is 0 Å². The third-order valence-corrected chi connectivity index (χ3v) is 4.59. The standard InChI is InChI=1S/C25H43NO5/c1-5-6-7-8-9-11-14-17-22(27)18-15-12-10-13-16-19-25(30)31-23(20-24(28)29)21-26(2,3)4/h6-7,11,14,17,23H,5,8-10,12-13,15-16,18-21H2,1-4H3,(H-,27,28,29)/p+1/b7-6+,14-11+,22-17-. The number of carbonyl (C=O) groups is 2. The van der Waals surface area contributed by atoms with Crippen molar-refractivity contribution in [3.8, 4) is 0 Å². The largest absolute Gasteiger partial charge is 0.512 e. The molecule has 0 spiro atoms. The van der Waals surface area contributed by atoms with Gasteiger partial charge in [0.25, 0.3) is 0 Å². The Hall–Kier alpha value is -2.08. The molecule has 0 rings (SSSR count). The van der Waals surface area contributed by atoms with Gasteiger partial charge in [0, 0.05) is 12.8 Å². The zero-order valence-electron chi connectivity index (χ0n) is 20.0. The fourth-order valence-corrected chi connectivity index (χ4v) is 3.14. The number of aliphatic hydroxyl groups is 1. The summed E-state index contributed by atoms with van der Waals surface area (Å²) in [6.45, 7) is 2.59. The lowest BCUT2D eigenvalue weighted by Crippen LogP contribution is -2.43. The molecule has 0 aromatic carbocycles. The van der Waals surface area contributed by atoms with Crippen molar-refractivity contribution in [2.75, 3.05) is 27.7 Å². The number of aliphatic carboxylic acids is 1. The highest BCUT2D eigenvalue weighted by molar-refractivity contribution is 5.71. The molecule has 178 valence electrons. The lowest BCUT2D eigenvalue weighted by molar-refractivity contribution is -0.873. The molecule has 0 fully saturated rings. The maximum Gasteiger partial charge on any atom is 0.307 e. The number of allylic oxidation sites excluding steroid dienone is 6. The molecule has 0 aromatic rings. The first-order valence-corrected chi connectivity index (χ1v) is 11.6. The van der Waals surface area contributed by atoms with E-state index in [-0.39, 0.29) is 12.4 Å². The second kappa shape index (κ2) is 17.6. The average Bonchev–Trinajstić information content (AvgIpc) is 2.64. The van der Waals surface area contributed by atoms with Crippen LogP contribution in [0.15, 0.2) is 36.1 Å². The van der Waals surface area contributed by atoms with Gasteiger partial charge in [0.1, 0.15) is 6.54 Å². The Labute approximate surface area is 188 Å². The second-order valence-corrected chi connectivity index (χ2v) is 8.99. The Balaban J connectivity index is 3.89. The van der Waals surface area contributed by atoms with Crippen LogP contribution >= 0.6 is 0 Å². The van der Waals surface area contributed by atoms with Crippen molar-refractivity contribution in [2.45, 2.75) is 83.7 Å². The van der Waals surface area contributed by atoms with Crippen molar-refractivity contribution < 1.29 is 29.0 Å². The molecule has 0 aliphatic carbocycles. The van der Waals surface area contributed by atoms with Crippen LogP contribution in [0.5, 0.6) is 0 Å². The number of carboxylic acids is 1. The highest BCUT2D eigenvalue weighted by Gasteiger charge is 2.24. The van der Waals surface area contributed by atoms with Crippen LogP contribution in [-0.2, 0) is 14.3 Å². The van der Waals surface area contributed by atoms with Crippen molar-refractivity contribution in [3.05, 3.63) is 36.1 Å². The number of hydrogen-bond donors (Lipinski definition) is 2. The van der Waals surface area contributed by atoms with E-state index < -0.39 is 12.1 Å². The summed E-state index contributed by atoms with van der Waals surface area (Å²) >= 11 is 0. The third kappa shape index (κ3) is 21.0. The molecule has 1 unspecified atom stereocenters. The summed E-state index contributed by atoms with van der Waals surface area (Å²) in [7, 11) is 5.83. The Kier molecular flexibility index (Phi) is 16.4. The first-order chi connectivity index (χ1) is 14.6. The van der Waals surface area contributed by atoms with E-state index in [1.807, 2.05) is 27.2 Å². The predicted molar refractivity (Wildman–Crippen MR) is 126 cm³/mol. The summed E-state index contributed by atoms with van der Waals surface area (Å²) in [5, 5.41) is 18.9. The monoisotopic (exact) mass is 438 g/mol. The van der Waals surface area contributed by atoms with Crippen molar-refractivity contribution in [1.29, 1.82) is 0 Å². The minimum Gasteiger partial charge on any atom is -0.512 e. The van der Waals surface area contributed by atoms with Gasteiger partial charge in [-0.1, -0.05) is 50.5 Å². The molecule has 6 nitrogen and oxygen atoms in total. The second-order valence-electron chi connectivity index (χ2n) is 8.99. The molecule has 31 heavy (non-hydrogen) atoms. The number of rotatable bonds is 18. The van der Waals surface area contributed by atoms with Gasteiger partial charge in [-0.05, 0) is 38.2 Å². The van der Waals surface area contributed by atoms with Crippen LogP contribution in [0.2, 0.25) is 0 Å². The summed E-state index contributed by atoms with van der Waals surface area (Å²) in [6.07, 6.45) is 18.0. The Bertz CT molecular complexity index is 587. The number of quaternary nitrogens is 1. The van der Waals surface area contributed by atoms with Gasteiger partial charge in [-0.25, -0.2) is 0 Å². The van der Waals surface area contributed by atoms with Crippen LogP contribution in [0.3, 0.4) is 0 Å². The van der Waals surface area contributed by atoms with Gasteiger partial charge >= 0.3 is 11.9 Å². The van der Waals surface area contributed by atoms with Gasteiger partial charge in [0.15, 0.2) is 6.10 Å². The van der Waals surface area contributed by atoms with E-state index >= 15 is 0 Å². The summed E-state index contributed by atoms with van der Waals surface area (Å²) in [5.41, 5.74) is 0. The fourth-order valence-electron chi connectivity index (χ4n) is 3.14. The number of esters is 1. The van der Waals surface area contributed by atoms with E-state index in [1.165, 1.54) is 0 Å². The quantitative estimate of drug-likeness (QED) is 0.0731. The van der Waals surface area contributed by atoms with Crippen molar-refractivity contribution in [1.82, 2.24) is 0 Å². The number of carboxylic acid groups (broad SMARTS) is 1. The van der Waals surface area contributed by atoms with E-state index in [0.29, 0.717) is 29.6 Å². The van der Waals surface area contributed by atoms with Crippen LogP contribution in [0.25, 0.3) is 0 Å². The molecule has 0 saturated carbocycles. The minimum atomic E-state index is -0.955. The molecular formula is C25H44NO5+. The van der Waals surface area contributed by atoms with E-state index in [9.17, 15) is 14.7 Å². The molecule has 6 heteroatoms. The smallest absolute Gasteiger partial charge is 0.307 e. The van der Waals surface area contributed by atoms with Gasteiger partial charge in [-0.15, -0.1) is 0 Å². The molecule has 0 aliphatic rings. The normalized spacial score (nSPS) is 13.7. The van der Waals surface area contributed by atoms with E-state index in [4.69, 9.17) is 9.84 Å². The molecule has 2 N–H and O–H groups in total.